The highest BCUT2D eigenvalue weighted by Gasteiger charge is 2.20. The zero-order valence-corrected chi connectivity index (χ0v) is 18.3. The van der Waals surface area contributed by atoms with Crippen LogP contribution in [0.2, 0.25) is 5.02 Å². The number of ether oxygens (including phenoxy) is 4. The normalized spacial score (nSPS) is 12.1. The number of nitro benzene ring substituents is 1. The van der Waals surface area contributed by atoms with E-state index in [9.17, 15) is 14.9 Å². The van der Waals surface area contributed by atoms with E-state index < -0.39 is 4.92 Å². The van der Waals surface area contributed by atoms with Gasteiger partial charge in [0.15, 0.2) is 23.0 Å². The molecule has 4 rings (SSSR count). The summed E-state index contributed by atoms with van der Waals surface area (Å²) in [5.74, 6) is 1.37. The molecule has 9 nitrogen and oxygen atoms in total. The van der Waals surface area contributed by atoms with Gasteiger partial charge >= 0.3 is 5.69 Å². The van der Waals surface area contributed by atoms with Crippen LogP contribution in [-0.4, -0.2) is 31.2 Å². The first-order valence-electron chi connectivity index (χ1n) is 9.92. The van der Waals surface area contributed by atoms with Crippen molar-refractivity contribution >= 4 is 23.2 Å². The van der Waals surface area contributed by atoms with Crippen LogP contribution in [0, 0.1) is 10.1 Å². The molecule has 10 heteroatoms. The van der Waals surface area contributed by atoms with Gasteiger partial charge in [-0.25, -0.2) is 0 Å². The lowest BCUT2D eigenvalue weighted by Crippen LogP contribution is -2.24. The van der Waals surface area contributed by atoms with Crippen molar-refractivity contribution in [2.75, 3.05) is 20.3 Å². The van der Waals surface area contributed by atoms with Crippen molar-refractivity contribution in [1.29, 1.82) is 0 Å². The van der Waals surface area contributed by atoms with Crippen molar-refractivity contribution in [3.8, 4) is 28.7 Å². The van der Waals surface area contributed by atoms with E-state index in [4.69, 9.17) is 30.5 Å². The van der Waals surface area contributed by atoms with Gasteiger partial charge in [-0.2, -0.15) is 0 Å². The molecule has 0 fully saturated rings. The number of hydrogen-bond donors (Lipinski definition) is 1. The number of rotatable bonds is 7. The summed E-state index contributed by atoms with van der Waals surface area (Å²) in [6, 6.07) is 14.1. The van der Waals surface area contributed by atoms with Crippen LogP contribution >= 0.6 is 11.6 Å². The largest absolute Gasteiger partial charge is 0.493 e. The Kier molecular flexibility index (Phi) is 6.50. The Hall–Kier alpha value is -3.98. The minimum absolute atomic E-state index is 0.00373. The van der Waals surface area contributed by atoms with Crippen molar-refractivity contribution in [3.63, 3.8) is 0 Å². The Balaban J connectivity index is 1.50. The molecule has 33 heavy (non-hydrogen) atoms. The van der Waals surface area contributed by atoms with Gasteiger partial charge < -0.3 is 24.3 Å². The molecule has 1 amide bonds. The van der Waals surface area contributed by atoms with Gasteiger partial charge in [0.25, 0.3) is 5.91 Å². The van der Waals surface area contributed by atoms with Gasteiger partial charge in [0.05, 0.1) is 12.0 Å². The zero-order valence-electron chi connectivity index (χ0n) is 17.5. The molecular weight excluding hydrogens is 452 g/mol. The highest BCUT2D eigenvalue weighted by atomic mass is 35.5. The fourth-order valence-electron chi connectivity index (χ4n) is 3.28. The molecular formula is C23H19ClN2O7. The molecule has 1 N–H and O–H groups in total. The second-order valence-electron chi connectivity index (χ2n) is 6.96. The van der Waals surface area contributed by atoms with E-state index in [0.29, 0.717) is 30.3 Å². The molecule has 0 unspecified atom stereocenters. The standard InChI is InChI=1S/C23H19ClN2O7/c1-30-21-11-14(5-7-19(21)33-18-8-6-16(24)12-17(18)26(28)29)23(27)25-13-15-3-2-4-20-22(15)32-10-9-31-20/h2-8,11-12H,9-10,13H2,1H3,(H,25,27). The molecule has 0 saturated carbocycles. The smallest absolute Gasteiger partial charge is 0.313 e. The van der Waals surface area contributed by atoms with Gasteiger partial charge in [0.2, 0.25) is 5.75 Å². The minimum Gasteiger partial charge on any atom is -0.493 e. The molecule has 0 saturated heterocycles. The zero-order chi connectivity index (χ0) is 23.4. The molecule has 0 aromatic heterocycles. The molecule has 0 spiro atoms. The molecule has 3 aromatic carbocycles. The first kappa shape index (κ1) is 22.2. The molecule has 0 bridgehead atoms. The third-order valence-electron chi connectivity index (χ3n) is 4.85. The Morgan fingerprint density at radius 3 is 2.67 bits per heavy atom. The number of halogens is 1. The lowest BCUT2D eigenvalue weighted by atomic mass is 10.1. The summed E-state index contributed by atoms with van der Waals surface area (Å²) < 4.78 is 22.2. The van der Waals surface area contributed by atoms with Gasteiger partial charge in [-0.3, -0.25) is 14.9 Å². The topological polar surface area (TPSA) is 109 Å². The summed E-state index contributed by atoms with van der Waals surface area (Å²) in [6.07, 6.45) is 0. The van der Waals surface area contributed by atoms with E-state index in [-0.39, 0.29) is 40.4 Å². The molecule has 0 aliphatic carbocycles. The van der Waals surface area contributed by atoms with Crippen molar-refractivity contribution in [3.05, 3.63) is 80.9 Å². The van der Waals surface area contributed by atoms with Crippen LogP contribution in [0.3, 0.4) is 0 Å². The summed E-state index contributed by atoms with van der Waals surface area (Å²) in [5, 5.41) is 14.4. The number of nitro groups is 1. The molecule has 0 atom stereocenters. The van der Waals surface area contributed by atoms with Crippen LogP contribution in [0.4, 0.5) is 5.69 Å². The highest BCUT2D eigenvalue weighted by Crippen LogP contribution is 2.38. The van der Waals surface area contributed by atoms with Gasteiger partial charge in [0.1, 0.15) is 13.2 Å². The number of para-hydroxylation sites is 1. The molecule has 3 aromatic rings. The summed E-state index contributed by atoms with van der Waals surface area (Å²) in [7, 11) is 1.41. The molecule has 1 aliphatic heterocycles. The lowest BCUT2D eigenvalue weighted by Gasteiger charge is -2.21. The van der Waals surface area contributed by atoms with Crippen molar-refractivity contribution < 1.29 is 28.7 Å². The average molecular weight is 471 g/mol. The molecule has 0 radical (unpaired) electrons. The Labute approximate surface area is 193 Å². The number of nitrogens with one attached hydrogen (secondary N) is 1. The first-order chi connectivity index (χ1) is 16.0. The molecule has 1 heterocycles. The number of carbonyl (C=O) groups is 1. The summed E-state index contributed by atoms with van der Waals surface area (Å²) in [5.41, 5.74) is 0.832. The Bertz CT molecular complexity index is 1220. The van der Waals surface area contributed by atoms with Crippen LogP contribution in [0.5, 0.6) is 28.7 Å². The predicted octanol–water partition coefficient (Wildman–Crippen LogP) is 4.75. The molecule has 170 valence electrons. The van der Waals surface area contributed by atoms with Gasteiger partial charge in [-0.15, -0.1) is 0 Å². The highest BCUT2D eigenvalue weighted by molar-refractivity contribution is 6.30. The van der Waals surface area contributed by atoms with Gasteiger partial charge in [-0.1, -0.05) is 23.7 Å². The fourth-order valence-corrected chi connectivity index (χ4v) is 3.45. The van der Waals surface area contributed by atoms with Gasteiger partial charge in [0, 0.05) is 28.8 Å². The quantitative estimate of drug-likeness (QED) is 0.392. The van der Waals surface area contributed by atoms with E-state index in [1.54, 1.807) is 0 Å². The second kappa shape index (κ2) is 9.66. The SMILES string of the molecule is COc1cc(C(=O)NCc2cccc3c2OCCO3)ccc1Oc1ccc(Cl)cc1[N+](=O)[O-]. The van der Waals surface area contributed by atoms with E-state index in [1.165, 1.54) is 43.5 Å². The molecule has 1 aliphatic rings. The fraction of sp³-hybridized carbons (Fsp3) is 0.174. The van der Waals surface area contributed by atoms with Crippen LogP contribution in [0.1, 0.15) is 15.9 Å². The number of hydrogen-bond acceptors (Lipinski definition) is 7. The number of benzene rings is 3. The number of carbonyl (C=O) groups excluding carboxylic acids is 1. The number of fused-ring (bicyclic) bond motifs is 1. The van der Waals surface area contributed by atoms with Gasteiger partial charge in [-0.05, 0) is 36.4 Å². The monoisotopic (exact) mass is 470 g/mol. The van der Waals surface area contributed by atoms with Crippen LogP contribution in [0.25, 0.3) is 0 Å². The van der Waals surface area contributed by atoms with E-state index in [0.717, 1.165) is 5.56 Å². The third kappa shape index (κ3) is 4.93. The van der Waals surface area contributed by atoms with E-state index >= 15 is 0 Å². The van der Waals surface area contributed by atoms with E-state index in [1.807, 2.05) is 18.2 Å². The van der Waals surface area contributed by atoms with Crippen LogP contribution < -0.4 is 24.3 Å². The lowest BCUT2D eigenvalue weighted by molar-refractivity contribution is -0.385. The number of nitrogens with zero attached hydrogens (tertiary/aromatic N) is 1. The summed E-state index contributed by atoms with van der Waals surface area (Å²) >= 11 is 5.85. The number of methoxy groups -OCH3 is 1. The predicted molar refractivity (Wildman–Crippen MR) is 120 cm³/mol. The maximum atomic E-state index is 12.7. The third-order valence-corrected chi connectivity index (χ3v) is 5.09. The second-order valence-corrected chi connectivity index (χ2v) is 7.40. The maximum Gasteiger partial charge on any atom is 0.313 e. The maximum absolute atomic E-state index is 12.7. The van der Waals surface area contributed by atoms with E-state index in [2.05, 4.69) is 5.32 Å². The summed E-state index contributed by atoms with van der Waals surface area (Å²) in [6.45, 7) is 1.17. The first-order valence-corrected chi connectivity index (χ1v) is 10.3. The Morgan fingerprint density at radius 2 is 1.88 bits per heavy atom. The number of amides is 1. The van der Waals surface area contributed by atoms with Crippen molar-refractivity contribution in [2.45, 2.75) is 6.54 Å². The van der Waals surface area contributed by atoms with Crippen LogP contribution in [-0.2, 0) is 6.54 Å². The Morgan fingerprint density at radius 1 is 1.09 bits per heavy atom. The van der Waals surface area contributed by atoms with Crippen LogP contribution in [0.15, 0.2) is 54.6 Å². The van der Waals surface area contributed by atoms with Crippen molar-refractivity contribution in [2.24, 2.45) is 0 Å². The summed E-state index contributed by atoms with van der Waals surface area (Å²) in [4.78, 5) is 23.4. The average Bonchev–Trinajstić information content (AvgIpc) is 2.83. The minimum atomic E-state index is -0.591. The van der Waals surface area contributed by atoms with Crippen molar-refractivity contribution in [1.82, 2.24) is 5.32 Å².